The van der Waals surface area contributed by atoms with E-state index in [4.69, 9.17) is 11.6 Å². The fraction of sp³-hybridized carbons (Fsp3) is 0. The number of aromatic nitrogens is 1. The lowest BCUT2D eigenvalue weighted by molar-refractivity contribution is 0.474. The summed E-state index contributed by atoms with van der Waals surface area (Å²) in [5.74, 6) is 0.213. The highest BCUT2D eigenvalue weighted by atomic mass is 35.5. The first-order valence-corrected chi connectivity index (χ1v) is 9.22. The zero-order valence-electron chi connectivity index (χ0n) is 15.0. The van der Waals surface area contributed by atoms with Crippen LogP contribution in [0.15, 0.2) is 83.9 Å². The van der Waals surface area contributed by atoms with Crippen LogP contribution in [0.2, 0.25) is 5.02 Å². The van der Waals surface area contributed by atoms with Crippen molar-refractivity contribution in [3.63, 3.8) is 0 Å². The summed E-state index contributed by atoms with van der Waals surface area (Å²) in [6.07, 6.45) is 5.62. The molecule has 1 heterocycles. The van der Waals surface area contributed by atoms with Gasteiger partial charge in [0.1, 0.15) is 5.75 Å². The summed E-state index contributed by atoms with van der Waals surface area (Å²) in [6.45, 7) is 0. The third kappa shape index (κ3) is 4.27. The molecule has 0 unspecified atom stereocenters. The Morgan fingerprint density at radius 1 is 0.857 bits per heavy atom. The molecule has 0 saturated heterocycles. The average molecular weight is 385 g/mol. The molecule has 0 amide bonds. The van der Waals surface area contributed by atoms with Gasteiger partial charge in [0.2, 0.25) is 0 Å². The Kier molecular flexibility index (Phi) is 5.18. The summed E-state index contributed by atoms with van der Waals surface area (Å²) in [4.78, 5) is 9.09. The van der Waals surface area contributed by atoms with Crippen molar-refractivity contribution in [3.8, 4) is 5.75 Å². The lowest BCUT2D eigenvalue weighted by Gasteiger charge is -2.01. The molecule has 0 radical (unpaired) electrons. The van der Waals surface area contributed by atoms with Crippen LogP contribution in [-0.2, 0) is 0 Å². The van der Waals surface area contributed by atoms with E-state index in [1.807, 2.05) is 78.9 Å². The van der Waals surface area contributed by atoms with E-state index in [9.17, 15) is 5.11 Å². The minimum absolute atomic E-state index is 0.213. The van der Waals surface area contributed by atoms with Crippen molar-refractivity contribution in [2.45, 2.75) is 0 Å². The van der Waals surface area contributed by atoms with Gasteiger partial charge in [-0.25, -0.2) is 4.98 Å². The molecule has 3 aromatic carbocycles. The number of halogens is 1. The van der Waals surface area contributed by atoms with Crippen LogP contribution in [0.4, 0.5) is 5.69 Å². The standard InChI is InChI=1S/C24H17ClN2O/c25-20-11-9-18-10-13-21(27-23(18)15-20)12-8-17-4-3-6-22(14-17)26-16-19-5-1-2-7-24(19)28/h1-16,28H/b12-8?,26-16+. The number of pyridine rings is 1. The molecule has 4 rings (SSSR count). The fourth-order valence-electron chi connectivity index (χ4n) is 2.83. The summed E-state index contributed by atoms with van der Waals surface area (Å²) in [5.41, 5.74) is 4.24. The molecular weight excluding hydrogens is 368 g/mol. The van der Waals surface area contributed by atoms with Gasteiger partial charge in [-0.2, -0.15) is 0 Å². The predicted molar refractivity (Wildman–Crippen MR) is 117 cm³/mol. The number of fused-ring (bicyclic) bond motifs is 1. The molecule has 1 N–H and O–H groups in total. The quantitative estimate of drug-likeness (QED) is 0.407. The molecule has 0 saturated carbocycles. The maximum absolute atomic E-state index is 9.83. The minimum Gasteiger partial charge on any atom is -0.507 e. The number of hydrogen-bond acceptors (Lipinski definition) is 3. The van der Waals surface area contributed by atoms with Crippen molar-refractivity contribution < 1.29 is 5.11 Å². The Hall–Kier alpha value is -3.43. The van der Waals surface area contributed by atoms with Gasteiger partial charge in [0.15, 0.2) is 0 Å². The van der Waals surface area contributed by atoms with Crippen molar-refractivity contribution in [2.75, 3.05) is 0 Å². The van der Waals surface area contributed by atoms with Crippen LogP contribution in [0, 0.1) is 0 Å². The number of aliphatic imine (C=N–C) groups is 1. The average Bonchev–Trinajstić information content (AvgIpc) is 2.71. The number of aromatic hydroxyl groups is 1. The zero-order chi connectivity index (χ0) is 19.3. The van der Waals surface area contributed by atoms with Crippen LogP contribution in [0.3, 0.4) is 0 Å². The molecule has 0 bridgehead atoms. The normalized spacial score (nSPS) is 11.6. The van der Waals surface area contributed by atoms with Crippen LogP contribution >= 0.6 is 11.6 Å². The predicted octanol–water partition coefficient (Wildman–Crippen LogP) is 6.51. The molecule has 4 heteroatoms. The van der Waals surface area contributed by atoms with E-state index in [1.165, 1.54) is 0 Å². The zero-order valence-corrected chi connectivity index (χ0v) is 15.7. The van der Waals surface area contributed by atoms with E-state index in [0.717, 1.165) is 27.8 Å². The SMILES string of the molecule is Oc1ccccc1/C=N/c1cccc(C=Cc2ccc3ccc(Cl)cc3n2)c1. The molecule has 4 aromatic rings. The molecule has 0 aliphatic carbocycles. The Bertz CT molecular complexity index is 1200. The first kappa shape index (κ1) is 18.0. The van der Waals surface area contributed by atoms with E-state index < -0.39 is 0 Å². The van der Waals surface area contributed by atoms with E-state index in [2.05, 4.69) is 9.98 Å². The number of para-hydroxylation sites is 1. The van der Waals surface area contributed by atoms with Gasteiger partial charge < -0.3 is 5.11 Å². The number of rotatable bonds is 4. The van der Waals surface area contributed by atoms with Crippen LogP contribution in [0.1, 0.15) is 16.8 Å². The van der Waals surface area contributed by atoms with Gasteiger partial charge in [0.25, 0.3) is 0 Å². The molecule has 1 aromatic heterocycles. The summed E-state index contributed by atoms with van der Waals surface area (Å²) in [5, 5.41) is 11.6. The van der Waals surface area contributed by atoms with Crippen molar-refractivity contribution in [2.24, 2.45) is 4.99 Å². The molecule has 28 heavy (non-hydrogen) atoms. The highest BCUT2D eigenvalue weighted by Gasteiger charge is 1.99. The summed E-state index contributed by atoms with van der Waals surface area (Å²) >= 11 is 6.06. The van der Waals surface area contributed by atoms with Crippen molar-refractivity contribution >= 4 is 46.6 Å². The lowest BCUT2D eigenvalue weighted by atomic mass is 10.1. The first-order valence-electron chi connectivity index (χ1n) is 8.84. The summed E-state index contributed by atoms with van der Waals surface area (Å²) < 4.78 is 0. The number of benzene rings is 3. The topological polar surface area (TPSA) is 45.5 Å². The highest BCUT2D eigenvalue weighted by molar-refractivity contribution is 6.31. The van der Waals surface area contributed by atoms with Crippen LogP contribution in [0.25, 0.3) is 23.1 Å². The van der Waals surface area contributed by atoms with Gasteiger partial charge in [-0.15, -0.1) is 0 Å². The smallest absolute Gasteiger partial charge is 0.124 e. The fourth-order valence-corrected chi connectivity index (χ4v) is 3.00. The van der Waals surface area contributed by atoms with Crippen LogP contribution in [0.5, 0.6) is 5.75 Å². The van der Waals surface area contributed by atoms with Gasteiger partial charge >= 0.3 is 0 Å². The maximum Gasteiger partial charge on any atom is 0.124 e. The van der Waals surface area contributed by atoms with E-state index in [1.54, 1.807) is 18.3 Å². The summed E-state index contributed by atoms with van der Waals surface area (Å²) in [7, 11) is 0. The molecule has 3 nitrogen and oxygen atoms in total. The van der Waals surface area contributed by atoms with Crippen molar-refractivity contribution in [1.82, 2.24) is 4.98 Å². The van der Waals surface area contributed by atoms with Crippen molar-refractivity contribution in [3.05, 3.63) is 101 Å². The van der Waals surface area contributed by atoms with Gasteiger partial charge in [0, 0.05) is 22.2 Å². The number of phenolic OH excluding ortho intramolecular Hbond substituents is 1. The van der Waals surface area contributed by atoms with E-state index >= 15 is 0 Å². The van der Waals surface area contributed by atoms with E-state index in [0.29, 0.717) is 10.6 Å². The second-order valence-corrected chi connectivity index (χ2v) is 6.75. The van der Waals surface area contributed by atoms with Gasteiger partial charge in [-0.3, -0.25) is 4.99 Å². The first-order chi connectivity index (χ1) is 13.7. The molecule has 0 aliphatic rings. The molecule has 0 aliphatic heterocycles. The highest BCUT2D eigenvalue weighted by Crippen LogP contribution is 2.20. The van der Waals surface area contributed by atoms with Crippen LogP contribution in [-0.4, -0.2) is 16.3 Å². The summed E-state index contributed by atoms with van der Waals surface area (Å²) in [6, 6.07) is 24.7. The van der Waals surface area contributed by atoms with Gasteiger partial charge in [-0.05, 0) is 54.1 Å². The van der Waals surface area contributed by atoms with Gasteiger partial charge in [0.05, 0.1) is 16.9 Å². The van der Waals surface area contributed by atoms with Crippen LogP contribution < -0.4 is 0 Å². The monoisotopic (exact) mass is 384 g/mol. The molecule has 136 valence electrons. The lowest BCUT2D eigenvalue weighted by Crippen LogP contribution is -1.83. The molecular formula is C24H17ClN2O. The molecule has 0 atom stereocenters. The number of phenols is 1. The second-order valence-electron chi connectivity index (χ2n) is 6.32. The minimum atomic E-state index is 0.213. The van der Waals surface area contributed by atoms with E-state index in [-0.39, 0.29) is 5.75 Å². The molecule has 0 fully saturated rings. The number of hydrogen-bond donors (Lipinski definition) is 1. The Balaban J connectivity index is 1.55. The molecule has 0 spiro atoms. The second kappa shape index (κ2) is 8.07. The largest absolute Gasteiger partial charge is 0.507 e. The third-order valence-corrected chi connectivity index (χ3v) is 4.52. The Labute approximate surface area is 168 Å². The van der Waals surface area contributed by atoms with Gasteiger partial charge in [-0.1, -0.05) is 54.1 Å². The van der Waals surface area contributed by atoms with Crippen molar-refractivity contribution in [1.29, 1.82) is 0 Å². The Morgan fingerprint density at radius 3 is 2.61 bits per heavy atom. The Morgan fingerprint density at radius 2 is 1.71 bits per heavy atom. The number of nitrogens with zero attached hydrogens (tertiary/aromatic N) is 2. The maximum atomic E-state index is 9.83. The third-order valence-electron chi connectivity index (χ3n) is 4.28.